The molecule has 1 unspecified atom stereocenters. The van der Waals surface area contributed by atoms with Gasteiger partial charge < -0.3 is 10.8 Å². The molecule has 1 aliphatic rings. The second-order valence-corrected chi connectivity index (χ2v) is 6.14. The highest BCUT2D eigenvalue weighted by molar-refractivity contribution is 5.87. The number of nitrogen functional groups attached to an aromatic ring is 1. The van der Waals surface area contributed by atoms with Crippen molar-refractivity contribution >= 4 is 11.8 Å². The van der Waals surface area contributed by atoms with Crippen molar-refractivity contribution in [1.82, 2.24) is 9.88 Å². The van der Waals surface area contributed by atoms with Gasteiger partial charge in [0.15, 0.2) is 0 Å². The number of nitrogens with two attached hydrogens (primary N) is 1. The third kappa shape index (κ3) is 3.87. The second kappa shape index (κ2) is 6.79. The molecule has 23 heavy (non-hydrogen) atoms. The predicted molar refractivity (Wildman–Crippen MR) is 89.1 cm³/mol. The molecule has 0 aliphatic carbocycles. The zero-order valence-corrected chi connectivity index (χ0v) is 13.0. The van der Waals surface area contributed by atoms with Crippen molar-refractivity contribution in [2.45, 2.75) is 19.4 Å². The summed E-state index contributed by atoms with van der Waals surface area (Å²) < 4.78 is 0. The van der Waals surface area contributed by atoms with E-state index in [1.165, 1.54) is 5.56 Å². The summed E-state index contributed by atoms with van der Waals surface area (Å²) in [6.45, 7) is 2.94. The van der Waals surface area contributed by atoms with Gasteiger partial charge in [-0.05, 0) is 49.1 Å². The lowest BCUT2D eigenvalue weighted by Crippen LogP contribution is -2.21. The normalized spacial score (nSPS) is 18.2. The van der Waals surface area contributed by atoms with E-state index >= 15 is 0 Å². The number of likely N-dealkylation sites (tertiary alicyclic amines) is 1. The highest BCUT2D eigenvalue weighted by atomic mass is 16.4. The van der Waals surface area contributed by atoms with Crippen molar-refractivity contribution < 1.29 is 9.90 Å². The molecule has 3 N–H and O–H groups in total. The van der Waals surface area contributed by atoms with Crippen molar-refractivity contribution in [3.05, 3.63) is 59.3 Å². The Hall–Kier alpha value is -2.40. The zero-order valence-electron chi connectivity index (χ0n) is 13.0. The van der Waals surface area contributed by atoms with E-state index in [0.717, 1.165) is 38.0 Å². The molecule has 5 nitrogen and oxygen atoms in total. The molecule has 5 heteroatoms. The summed E-state index contributed by atoms with van der Waals surface area (Å²) in [6, 6.07) is 11.2. The van der Waals surface area contributed by atoms with E-state index in [-0.39, 0.29) is 0 Å². The van der Waals surface area contributed by atoms with E-state index in [1.54, 1.807) is 18.3 Å². The van der Waals surface area contributed by atoms with Crippen LogP contribution in [0.5, 0.6) is 0 Å². The van der Waals surface area contributed by atoms with Gasteiger partial charge in [-0.15, -0.1) is 0 Å². The van der Waals surface area contributed by atoms with Crippen molar-refractivity contribution in [2.24, 2.45) is 5.92 Å². The molecule has 3 rings (SSSR count). The van der Waals surface area contributed by atoms with Crippen LogP contribution in [-0.4, -0.2) is 34.0 Å². The Morgan fingerprint density at radius 3 is 2.78 bits per heavy atom. The summed E-state index contributed by atoms with van der Waals surface area (Å²) in [6.07, 6.45) is 3.85. The molecular weight excluding hydrogens is 290 g/mol. The second-order valence-electron chi connectivity index (χ2n) is 6.14. The lowest BCUT2D eigenvalue weighted by molar-refractivity contribution is 0.0697. The molecule has 1 atom stereocenters. The van der Waals surface area contributed by atoms with Gasteiger partial charge in [-0.25, -0.2) is 9.78 Å². The topological polar surface area (TPSA) is 79.5 Å². The van der Waals surface area contributed by atoms with Gasteiger partial charge in [0.25, 0.3) is 0 Å². The Labute approximate surface area is 135 Å². The maximum atomic E-state index is 10.9. The number of anilines is 1. The Morgan fingerprint density at radius 2 is 2.09 bits per heavy atom. The van der Waals surface area contributed by atoms with Crippen molar-refractivity contribution in [1.29, 1.82) is 0 Å². The Balaban J connectivity index is 1.55. The fourth-order valence-electron chi connectivity index (χ4n) is 3.17. The number of rotatable bonds is 5. The van der Waals surface area contributed by atoms with Crippen molar-refractivity contribution in [3.63, 3.8) is 0 Å². The maximum absolute atomic E-state index is 10.9. The van der Waals surface area contributed by atoms with Crippen LogP contribution in [0, 0.1) is 5.92 Å². The highest BCUT2D eigenvalue weighted by Crippen LogP contribution is 2.23. The van der Waals surface area contributed by atoms with Gasteiger partial charge in [-0.3, -0.25) is 4.90 Å². The van der Waals surface area contributed by atoms with Crippen molar-refractivity contribution in [2.75, 3.05) is 18.8 Å². The van der Waals surface area contributed by atoms with Gasteiger partial charge in [-0.1, -0.05) is 18.2 Å². The monoisotopic (exact) mass is 311 g/mol. The number of nitrogens with zero attached hydrogens (tertiary/aromatic N) is 2. The quantitative estimate of drug-likeness (QED) is 0.886. The van der Waals surface area contributed by atoms with Gasteiger partial charge in [0.2, 0.25) is 0 Å². The van der Waals surface area contributed by atoms with Crippen LogP contribution in [0.2, 0.25) is 0 Å². The largest absolute Gasteiger partial charge is 0.478 e. The molecule has 0 spiro atoms. The number of hydrogen-bond donors (Lipinski definition) is 2. The smallest absolute Gasteiger partial charge is 0.335 e. The first-order chi connectivity index (χ1) is 11.1. The minimum absolute atomic E-state index is 0.342. The lowest BCUT2D eigenvalue weighted by atomic mass is 9.98. The number of benzene rings is 1. The van der Waals surface area contributed by atoms with Crippen molar-refractivity contribution in [3.8, 4) is 0 Å². The van der Waals surface area contributed by atoms with Crippen LogP contribution in [0.25, 0.3) is 0 Å². The first-order valence-electron chi connectivity index (χ1n) is 7.86. The summed E-state index contributed by atoms with van der Waals surface area (Å²) in [4.78, 5) is 17.4. The number of aromatic carboxylic acids is 1. The molecule has 0 amide bonds. The first kappa shape index (κ1) is 15.5. The molecule has 120 valence electrons. The van der Waals surface area contributed by atoms with Gasteiger partial charge in [0.1, 0.15) is 5.82 Å². The fraction of sp³-hybridized carbons (Fsp3) is 0.333. The number of carboxylic acid groups (broad SMARTS) is 1. The predicted octanol–water partition coefficient (Wildman–Crippen LogP) is 2.43. The molecule has 0 bridgehead atoms. The van der Waals surface area contributed by atoms with E-state index < -0.39 is 5.97 Å². The third-order valence-corrected chi connectivity index (χ3v) is 4.42. The Morgan fingerprint density at radius 1 is 1.30 bits per heavy atom. The van der Waals surface area contributed by atoms with E-state index in [0.29, 0.717) is 17.3 Å². The molecule has 1 aromatic carbocycles. The number of carboxylic acids is 1. The molecule has 1 fully saturated rings. The summed E-state index contributed by atoms with van der Waals surface area (Å²) >= 11 is 0. The summed E-state index contributed by atoms with van der Waals surface area (Å²) in [5.74, 6) is 0.335. The molecule has 1 aromatic heterocycles. The first-order valence-corrected chi connectivity index (χ1v) is 7.86. The molecule has 0 saturated carbocycles. The molecule has 1 aliphatic heterocycles. The van der Waals surface area contributed by atoms with Crippen LogP contribution >= 0.6 is 0 Å². The van der Waals surface area contributed by atoms with E-state index in [4.69, 9.17) is 10.8 Å². The third-order valence-electron chi connectivity index (χ3n) is 4.42. The van der Waals surface area contributed by atoms with Gasteiger partial charge in [-0.2, -0.15) is 0 Å². The molecular formula is C18H21N3O2. The number of pyridine rings is 1. The van der Waals surface area contributed by atoms with Gasteiger partial charge in [0.05, 0.1) is 5.56 Å². The minimum atomic E-state index is -0.877. The molecule has 2 aromatic rings. The Kier molecular flexibility index (Phi) is 4.57. The van der Waals surface area contributed by atoms with Crippen LogP contribution < -0.4 is 5.73 Å². The minimum Gasteiger partial charge on any atom is -0.478 e. The Bertz CT molecular complexity index is 685. The average molecular weight is 311 g/mol. The van der Waals surface area contributed by atoms with Gasteiger partial charge in [0, 0.05) is 24.8 Å². The lowest BCUT2D eigenvalue weighted by Gasteiger charge is -2.17. The van der Waals surface area contributed by atoms with Crippen LogP contribution in [0.1, 0.15) is 27.9 Å². The summed E-state index contributed by atoms with van der Waals surface area (Å²) in [5, 5.41) is 8.94. The van der Waals surface area contributed by atoms with Gasteiger partial charge >= 0.3 is 5.97 Å². The van der Waals surface area contributed by atoms with E-state index in [1.807, 2.05) is 24.3 Å². The number of carbonyl (C=O) groups is 1. The molecule has 1 saturated heterocycles. The van der Waals surface area contributed by atoms with Crippen LogP contribution in [0.3, 0.4) is 0 Å². The number of hydrogen-bond acceptors (Lipinski definition) is 4. The number of aromatic nitrogens is 1. The van der Waals surface area contributed by atoms with E-state index in [2.05, 4.69) is 9.88 Å². The standard InChI is InChI=1S/C18H21N3O2/c19-17-16(2-1-8-20-17)12-21-9-7-14(11-21)10-13-3-5-15(6-4-13)18(22)23/h1-6,8,14H,7,9-12H2,(H2,19,20)(H,22,23). The average Bonchev–Trinajstić information content (AvgIpc) is 2.97. The van der Waals surface area contributed by atoms with Crippen LogP contribution in [0.4, 0.5) is 5.82 Å². The maximum Gasteiger partial charge on any atom is 0.335 e. The SMILES string of the molecule is Nc1ncccc1CN1CCC(Cc2ccc(C(=O)O)cc2)C1. The van der Waals surface area contributed by atoms with E-state index in [9.17, 15) is 4.79 Å². The van der Waals surface area contributed by atoms with Crippen LogP contribution in [-0.2, 0) is 13.0 Å². The fourth-order valence-corrected chi connectivity index (χ4v) is 3.17. The zero-order chi connectivity index (χ0) is 16.2. The highest BCUT2D eigenvalue weighted by Gasteiger charge is 2.23. The molecule has 2 heterocycles. The van der Waals surface area contributed by atoms with Crippen LogP contribution in [0.15, 0.2) is 42.6 Å². The molecule has 0 radical (unpaired) electrons. The summed E-state index contributed by atoms with van der Waals surface area (Å²) in [5.41, 5.74) is 8.53. The summed E-state index contributed by atoms with van der Waals surface area (Å²) in [7, 11) is 0.